The summed E-state index contributed by atoms with van der Waals surface area (Å²) in [4.78, 5) is 42.3. The summed E-state index contributed by atoms with van der Waals surface area (Å²) >= 11 is 0. The molecule has 2 amide bonds. The number of ether oxygens (including phenoxy) is 1. The van der Waals surface area contributed by atoms with Gasteiger partial charge in [0.15, 0.2) is 0 Å². The number of aliphatic carboxylic acids is 1. The third-order valence-electron chi connectivity index (χ3n) is 3.36. The first kappa shape index (κ1) is 21.6. The zero-order chi connectivity index (χ0) is 20.3. The molecule has 0 fully saturated rings. The van der Waals surface area contributed by atoms with Gasteiger partial charge in [0.25, 0.3) is 5.91 Å². The number of hydrogen-bond donors (Lipinski definition) is 2. The van der Waals surface area contributed by atoms with E-state index in [2.05, 4.69) is 4.98 Å². The molecular weight excluding hydrogens is 338 g/mol. The molecule has 0 aromatic carbocycles. The summed E-state index contributed by atoms with van der Waals surface area (Å²) in [7, 11) is 0. The number of hydrogen-bond acceptors (Lipinski definition) is 6. The molecule has 144 valence electrons. The van der Waals surface area contributed by atoms with Crippen LogP contribution in [-0.4, -0.2) is 44.6 Å². The van der Waals surface area contributed by atoms with Crippen LogP contribution in [-0.2, 0) is 16.1 Å². The van der Waals surface area contributed by atoms with E-state index in [1.165, 1.54) is 6.07 Å². The van der Waals surface area contributed by atoms with Gasteiger partial charge >= 0.3 is 12.1 Å². The van der Waals surface area contributed by atoms with E-state index in [0.717, 1.165) is 0 Å². The maximum absolute atomic E-state index is 13.0. The van der Waals surface area contributed by atoms with Crippen molar-refractivity contribution in [2.24, 2.45) is 11.1 Å². The van der Waals surface area contributed by atoms with Gasteiger partial charge in [-0.2, -0.15) is 0 Å². The number of carboxylic acids is 1. The van der Waals surface area contributed by atoms with Crippen LogP contribution >= 0.6 is 0 Å². The van der Waals surface area contributed by atoms with Gasteiger partial charge < -0.3 is 15.6 Å². The van der Waals surface area contributed by atoms with Gasteiger partial charge in [-0.1, -0.05) is 26.8 Å². The molecule has 0 saturated carbocycles. The van der Waals surface area contributed by atoms with Crippen LogP contribution in [0.25, 0.3) is 0 Å². The van der Waals surface area contributed by atoms with Crippen LogP contribution in [0.1, 0.15) is 57.7 Å². The van der Waals surface area contributed by atoms with E-state index in [1.807, 2.05) is 0 Å². The molecule has 0 spiro atoms. The number of carboxylic acid groups (broad SMARTS) is 1. The SMILES string of the molecule is CC(C)(C)OC(=O)N(C(=O)c1cccc(CN)n1)C(C(=O)O)C(C)(C)C. The number of nitrogens with two attached hydrogens (primary N) is 1. The van der Waals surface area contributed by atoms with Crippen LogP contribution in [0, 0.1) is 5.41 Å². The first-order valence-corrected chi connectivity index (χ1v) is 8.23. The Morgan fingerprint density at radius 2 is 1.77 bits per heavy atom. The van der Waals surface area contributed by atoms with Gasteiger partial charge in [0, 0.05) is 6.54 Å². The molecule has 0 aliphatic heterocycles. The lowest BCUT2D eigenvalue weighted by Crippen LogP contribution is -2.56. The van der Waals surface area contributed by atoms with Crippen molar-refractivity contribution >= 4 is 18.0 Å². The summed E-state index contributed by atoms with van der Waals surface area (Å²) in [6.45, 7) is 9.88. The molecule has 1 atom stereocenters. The van der Waals surface area contributed by atoms with Crippen molar-refractivity contribution < 1.29 is 24.2 Å². The molecule has 0 radical (unpaired) electrons. The van der Waals surface area contributed by atoms with E-state index in [-0.39, 0.29) is 12.2 Å². The number of pyridine rings is 1. The highest BCUT2D eigenvalue weighted by molar-refractivity contribution is 6.04. The first-order chi connectivity index (χ1) is 11.8. The number of imide groups is 1. The van der Waals surface area contributed by atoms with Crippen molar-refractivity contribution in [1.29, 1.82) is 0 Å². The Balaban J connectivity index is 3.45. The predicted molar refractivity (Wildman–Crippen MR) is 95.4 cm³/mol. The topological polar surface area (TPSA) is 123 Å². The van der Waals surface area contributed by atoms with Gasteiger partial charge in [0.05, 0.1) is 5.69 Å². The highest BCUT2D eigenvalue weighted by Crippen LogP contribution is 2.27. The van der Waals surface area contributed by atoms with Crippen LogP contribution in [0.15, 0.2) is 18.2 Å². The second kappa shape index (κ2) is 7.82. The lowest BCUT2D eigenvalue weighted by atomic mass is 9.85. The van der Waals surface area contributed by atoms with Gasteiger partial charge in [-0.15, -0.1) is 0 Å². The van der Waals surface area contributed by atoms with Crippen LogP contribution in [0.3, 0.4) is 0 Å². The van der Waals surface area contributed by atoms with Gasteiger partial charge in [0.2, 0.25) is 0 Å². The second-order valence-corrected chi connectivity index (χ2v) is 7.98. The molecule has 0 aliphatic rings. The molecule has 1 unspecified atom stereocenters. The minimum atomic E-state index is -1.44. The quantitative estimate of drug-likeness (QED) is 0.840. The summed E-state index contributed by atoms with van der Waals surface area (Å²) in [5.74, 6) is -2.16. The summed E-state index contributed by atoms with van der Waals surface area (Å²) < 4.78 is 5.28. The average molecular weight is 365 g/mol. The smallest absolute Gasteiger partial charge is 0.418 e. The van der Waals surface area contributed by atoms with E-state index < -0.39 is 35.0 Å². The van der Waals surface area contributed by atoms with Crippen LogP contribution < -0.4 is 5.73 Å². The van der Waals surface area contributed by atoms with Crippen molar-refractivity contribution in [1.82, 2.24) is 9.88 Å². The zero-order valence-electron chi connectivity index (χ0n) is 16.1. The first-order valence-electron chi connectivity index (χ1n) is 8.23. The molecule has 1 heterocycles. The molecule has 0 saturated heterocycles. The molecule has 1 rings (SSSR count). The summed E-state index contributed by atoms with van der Waals surface area (Å²) in [6.07, 6.45) is -1.04. The van der Waals surface area contributed by atoms with Crippen LogP contribution in [0.5, 0.6) is 0 Å². The van der Waals surface area contributed by atoms with E-state index in [1.54, 1.807) is 53.7 Å². The van der Waals surface area contributed by atoms with E-state index in [9.17, 15) is 19.5 Å². The standard InChI is InChI=1S/C18H27N3O5/c1-17(2,3)13(15(23)24)21(16(25)26-18(4,5)6)14(22)12-9-7-8-11(10-19)20-12/h7-9,13H,10,19H2,1-6H3,(H,23,24). The van der Waals surface area contributed by atoms with E-state index in [4.69, 9.17) is 10.5 Å². The molecule has 8 nitrogen and oxygen atoms in total. The fourth-order valence-electron chi connectivity index (χ4n) is 2.32. The predicted octanol–water partition coefficient (Wildman–Crippen LogP) is 2.42. The molecule has 26 heavy (non-hydrogen) atoms. The molecule has 8 heteroatoms. The summed E-state index contributed by atoms with van der Waals surface area (Å²) in [6, 6.07) is 3.17. The third kappa shape index (κ3) is 5.52. The fraction of sp³-hybridized carbons (Fsp3) is 0.556. The van der Waals surface area contributed by atoms with Gasteiger partial charge in [-0.05, 0) is 38.3 Å². The van der Waals surface area contributed by atoms with Gasteiger partial charge in [0.1, 0.15) is 17.3 Å². The summed E-state index contributed by atoms with van der Waals surface area (Å²) in [5.41, 5.74) is 4.09. The zero-order valence-corrected chi connectivity index (χ0v) is 16.1. The maximum Gasteiger partial charge on any atom is 0.418 e. The Labute approximate surface area is 153 Å². The van der Waals surface area contributed by atoms with Gasteiger partial charge in [-0.3, -0.25) is 4.79 Å². The van der Waals surface area contributed by atoms with Crippen molar-refractivity contribution in [2.75, 3.05) is 0 Å². The number of aromatic nitrogens is 1. The molecule has 3 N–H and O–H groups in total. The van der Waals surface area contributed by atoms with Crippen molar-refractivity contribution in [3.63, 3.8) is 0 Å². The van der Waals surface area contributed by atoms with E-state index in [0.29, 0.717) is 10.6 Å². The highest BCUT2D eigenvalue weighted by atomic mass is 16.6. The molecule has 0 bridgehead atoms. The fourth-order valence-corrected chi connectivity index (χ4v) is 2.32. The van der Waals surface area contributed by atoms with Crippen molar-refractivity contribution in [2.45, 2.75) is 59.7 Å². The Hall–Kier alpha value is -2.48. The number of rotatable bonds is 4. The lowest BCUT2D eigenvalue weighted by molar-refractivity contribution is -0.146. The van der Waals surface area contributed by atoms with Gasteiger partial charge in [-0.25, -0.2) is 19.5 Å². The summed E-state index contributed by atoms with van der Waals surface area (Å²) in [5, 5.41) is 9.68. The number of nitrogens with zero attached hydrogens (tertiary/aromatic N) is 2. The van der Waals surface area contributed by atoms with Crippen molar-refractivity contribution in [3.05, 3.63) is 29.6 Å². The third-order valence-corrected chi connectivity index (χ3v) is 3.36. The molecule has 1 aromatic heterocycles. The highest BCUT2D eigenvalue weighted by Gasteiger charge is 2.45. The molecular formula is C18H27N3O5. The minimum absolute atomic E-state index is 0.0747. The average Bonchev–Trinajstić information content (AvgIpc) is 2.48. The largest absolute Gasteiger partial charge is 0.480 e. The van der Waals surface area contributed by atoms with E-state index >= 15 is 0 Å². The molecule has 0 aliphatic carbocycles. The van der Waals surface area contributed by atoms with Crippen LogP contribution in [0.2, 0.25) is 0 Å². The number of carbonyl (C=O) groups excluding carboxylic acids is 2. The lowest BCUT2D eigenvalue weighted by Gasteiger charge is -2.36. The second-order valence-electron chi connectivity index (χ2n) is 7.98. The maximum atomic E-state index is 13.0. The number of carbonyl (C=O) groups is 3. The Morgan fingerprint density at radius 1 is 1.19 bits per heavy atom. The van der Waals surface area contributed by atoms with Crippen LogP contribution in [0.4, 0.5) is 4.79 Å². The Kier molecular flexibility index (Phi) is 6.49. The minimum Gasteiger partial charge on any atom is -0.480 e. The number of amides is 2. The Bertz CT molecular complexity index is 689. The Morgan fingerprint density at radius 3 is 2.19 bits per heavy atom. The monoisotopic (exact) mass is 365 g/mol. The molecule has 1 aromatic rings. The normalized spacial score (nSPS) is 13.0. The van der Waals surface area contributed by atoms with Crippen molar-refractivity contribution in [3.8, 4) is 0 Å².